The molecule has 2 nitrogen and oxygen atoms in total. The lowest BCUT2D eigenvalue weighted by Crippen LogP contribution is -2.22. The lowest BCUT2D eigenvalue weighted by Gasteiger charge is -2.33. The normalized spacial score (nSPS) is 13.3. The summed E-state index contributed by atoms with van der Waals surface area (Å²) in [6.45, 7) is 7.41. The molecule has 0 N–H and O–H groups in total. The summed E-state index contributed by atoms with van der Waals surface area (Å²) in [5.41, 5.74) is 7.61. The molecule has 3 heteroatoms. The van der Waals surface area contributed by atoms with E-state index in [4.69, 9.17) is 4.74 Å². The highest BCUT2D eigenvalue weighted by Crippen LogP contribution is 2.49. The van der Waals surface area contributed by atoms with E-state index < -0.39 is 0 Å². The molecule has 4 aromatic rings. The Morgan fingerprint density at radius 1 is 0.838 bits per heavy atom. The molecule has 0 aromatic heterocycles. The molecule has 0 radical (unpaired) electrons. The summed E-state index contributed by atoms with van der Waals surface area (Å²) < 4.78 is 6.53. The number of benzene rings is 4. The van der Waals surface area contributed by atoms with Crippen LogP contribution in [0, 0.1) is 6.92 Å². The van der Waals surface area contributed by atoms with Gasteiger partial charge in [-0.25, -0.2) is 0 Å². The van der Waals surface area contributed by atoms with Gasteiger partial charge >= 0.3 is 0 Å². The molecule has 2 unspecified atom stereocenters. The summed E-state index contributed by atoms with van der Waals surface area (Å²) in [5, 5.41) is 1.30. The first-order valence-electron chi connectivity index (χ1n) is 13.2. The highest BCUT2D eigenvalue weighted by molar-refractivity contribution is 7.48. The largest absolute Gasteiger partial charge is 0.489 e. The van der Waals surface area contributed by atoms with Crippen molar-refractivity contribution in [3.05, 3.63) is 130 Å². The van der Waals surface area contributed by atoms with Gasteiger partial charge in [-0.3, -0.25) is 4.99 Å². The van der Waals surface area contributed by atoms with E-state index in [1.54, 1.807) is 0 Å². The topological polar surface area (TPSA) is 21.6 Å². The SMILES string of the molecule is CCCC(C)(Pc1ccc(C)cc1/C=N/C)c1cc(Cc2ccccc2)ccc1OCc1ccccc1. The minimum absolute atomic E-state index is 0.0565. The van der Waals surface area contributed by atoms with Crippen molar-refractivity contribution in [1.29, 1.82) is 0 Å². The molecule has 0 aliphatic rings. The Hall–Kier alpha value is -3.22. The van der Waals surface area contributed by atoms with Crippen molar-refractivity contribution in [3.8, 4) is 5.75 Å². The van der Waals surface area contributed by atoms with Crippen molar-refractivity contribution in [2.45, 2.75) is 51.8 Å². The second kappa shape index (κ2) is 12.8. The zero-order chi connectivity index (χ0) is 26.1. The molecule has 0 aliphatic carbocycles. The number of hydrogen-bond acceptors (Lipinski definition) is 2. The second-order valence-corrected chi connectivity index (χ2v) is 11.8. The number of hydrogen-bond donors (Lipinski definition) is 0. The summed E-state index contributed by atoms with van der Waals surface area (Å²) in [4.78, 5) is 4.35. The molecule has 0 heterocycles. The maximum Gasteiger partial charge on any atom is 0.123 e. The van der Waals surface area contributed by atoms with Crippen molar-refractivity contribution < 1.29 is 4.74 Å². The Balaban J connectivity index is 1.75. The summed E-state index contributed by atoms with van der Waals surface area (Å²) in [5.74, 6) is 0.988. The van der Waals surface area contributed by atoms with Gasteiger partial charge in [0.2, 0.25) is 0 Å². The van der Waals surface area contributed by atoms with E-state index in [9.17, 15) is 0 Å². The lowest BCUT2D eigenvalue weighted by molar-refractivity contribution is 0.299. The van der Waals surface area contributed by atoms with Gasteiger partial charge in [-0.2, -0.15) is 0 Å². The van der Waals surface area contributed by atoms with E-state index in [1.165, 1.54) is 38.7 Å². The van der Waals surface area contributed by atoms with Crippen molar-refractivity contribution >= 4 is 20.1 Å². The summed E-state index contributed by atoms with van der Waals surface area (Å²) in [6.07, 6.45) is 5.10. The number of aliphatic imine (C=N–C) groups is 1. The molecule has 0 saturated carbocycles. The predicted octanol–water partition coefficient (Wildman–Crippen LogP) is 8.23. The fourth-order valence-electron chi connectivity index (χ4n) is 4.91. The first-order valence-corrected chi connectivity index (χ1v) is 14.2. The summed E-state index contributed by atoms with van der Waals surface area (Å²) >= 11 is 0. The molecule has 4 rings (SSSR count). The smallest absolute Gasteiger partial charge is 0.123 e. The van der Waals surface area contributed by atoms with Crippen LogP contribution in [-0.2, 0) is 18.2 Å². The first kappa shape index (κ1) is 26.8. The van der Waals surface area contributed by atoms with Crippen LogP contribution in [0.3, 0.4) is 0 Å². The van der Waals surface area contributed by atoms with Gasteiger partial charge in [-0.15, -0.1) is 0 Å². The molecule has 37 heavy (non-hydrogen) atoms. The fraction of sp³-hybridized carbons (Fsp3) is 0.265. The van der Waals surface area contributed by atoms with Gasteiger partial charge in [-0.1, -0.05) is 119 Å². The number of ether oxygens (including phenoxy) is 1. The third-order valence-electron chi connectivity index (χ3n) is 6.76. The van der Waals surface area contributed by atoms with Crippen LogP contribution in [0.1, 0.15) is 60.1 Å². The third-order valence-corrected chi connectivity index (χ3v) is 8.56. The maximum absolute atomic E-state index is 6.53. The van der Waals surface area contributed by atoms with Crippen LogP contribution >= 0.6 is 8.58 Å². The minimum Gasteiger partial charge on any atom is -0.489 e. The van der Waals surface area contributed by atoms with Crippen LogP contribution < -0.4 is 10.0 Å². The molecule has 190 valence electrons. The first-order chi connectivity index (χ1) is 18.0. The molecule has 0 amide bonds. The number of nitrogens with zero attached hydrogens (tertiary/aromatic N) is 1. The molecule has 2 atom stereocenters. The number of rotatable bonds is 11. The number of aryl methyl sites for hydroxylation is 1. The Morgan fingerprint density at radius 3 is 2.22 bits per heavy atom. The van der Waals surface area contributed by atoms with Gasteiger partial charge in [0.25, 0.3) is 0 Å². The van der Waals surface area contributed by atoms with Crippen LogP contribution in [0.4, 0.5) is 0 Å². The van der Waals surface area contributed by atoms with Gasteiger partial charge in [0, 0.05) is 24.0 Å². The quantitative estimate of drug-likeness (QED) is 0.148. The Bertz CT molecular complexity index is 1320. The average molecular weight is 508 g/mol. The van der Waals surface area contributed by atoms with Crippen LogP contribution in [0.15, 0.2) is 102 Å². The fourth-order valence-corrected chi connectivity index (χ4v) is 6.66. The zero-order valence-electron chi connectivity index (χ0n) is 22.5. The minimum atomic E-state index is -0.0565. The molecule has 0 bridgehead atoms. The zero-order valence-corrected chi connectivity index (χ0v) is 23.5. The van der Waals surface area contributed by atoms with Crippen LogP contribution in [0.25, 0.3) is 0 Å². The average Bonchev–Trinajstić information content (AvgIpc) is 2.91. The Labute approximate surface area is 224 Å². The van der Waals surface area contributed by atoms with E-state index in [0.717, 1.165) is 25.0 Å². The van der Waals surface area contributed by atoms with Crippen LogP contribution in [0.5, 0.6) is 5.75 Å². The maximum atomic E-state index is 6.53. The van der Waals surface area contributed by atoms with Crippen molar-refractivity contribution in [3.63, 3.8) is 0 Å². The Morgan fingerprint density at radius 2 is 1.54 bits per heavy atom. The van der Waals surface area contributed by atoms with E-state index in [1.807, 2.05) is 19.3 Å². The van der Waals surface area contributed by atoms with Gasteiger partial charge in [0.1, 0.15) is 12.4 Å². The molecular weight excluding hydrogens is 469 g/mol. The highest BCUT2D eigenvalue weighted by atomic mass is 31.1. The molecular formula is C34H38NOP. The molecule has 0 fully saturated rings. The second-order valence-electron chi connectivity index (χ2n) is 9.95. The highest BCUT2D eigenvalue weighted by Gasteiger charge is 2.31. The van der Waals surface area contributed by atoms with Crippen molar-refractivity contribution in [2.75, 3.05) is 7.05 Å². The summed E-state index contributed by atoms with van der Waals surface area (Å²) in [6, 6.07) is 34.7. The van der Waals surface area contributed by atoms with Gasteiger partial charge in [0.05, 0.1) is 0 Å². The van der Waals surface area contributed by atoms with Gasteiger partial charge in [-0.05, 0) is 59.5 Å². The van der Waals surface area contributed by atoms with Gasteiger partial charge in [0.15, 0.2) is 0 Å². The third kappa shape index (κ3) is 7.18. The molecule has 4 aromatic carbocycles. The lowest BCUT2D eigenvalue weighted by atomic mass is 9.91. The summed E-state index contributed by atoms with van der Waals surface area (Å²) in [7, 11) is 2.45. The van der Waals surface area contributed by atoms with Crippen molar-refractivity contribution in [1.82, 2.24) is 0 Å². The molecule has 0 aliphatic heterocycles. The van der Waals surface area contributed by atoms with E-state index >= 15 is 0 Å². The monoisotopic (exact) mass is 507 g/mol. The van der Waals surface area contributed by atoms with Crippen LogP contribution in [0.2, 0.25) is 0 Å². The van der Waals surface area contributed by atoms with E-state index in [2.05, 4.69) is 117 Å². The van der Waals surface area contributed by atoms with E-state index in [-0.39, 0.29) is 5.16 Å². The van der Waals surface area contributed by atoms with Gasteiger partial charge < -0.3 is 4.74 Å². The van der Waals surface area contributed by atoms with E-state index in [0.29, 0.717) is 15.2 Å². The van der Waals surface area contributed by atoms with Crippen molar-refractivity contribution in [2.24, 2.45) is 4.99 Å². The molecule has 0 saturated heterocycles. The molecule has 0 spiro atoms. The standard InChI is InChI=1S/C34H38NOP/c1-5-20-34(3,37-33-19-16-26(2)21-30(33)24-35-4)31-23-29(22-27-12-8-6-9-13-27)17-18-32(31)36-25-28-14-10-7-11-15-28/h6-19,21,23-24,37H,5,20,22,25H2,1-4H3/b35-24+. The Kier molecular flexibility index (Phi) is 9.31. The van der Waals surface area contributed by atoms with Crippen LogP contribution in [-0.4, -0.2) is 13.3 Å². The predicted molar refractivity (Wildman–Crippen MR) is 161 cm³/mol.